The molecular weight excluding hydrogens is 284 g/mol. The minimum atomic E-state index is 0.599. The largest absolute Gasteiger partial charge is 0.497 e. The summed E-state index contributed by atoms with van der Waals surface area (Å²) in [7, 11) is 4.07. The average molecular weight is 312 g/mol. The van der Waals surface area contributed by atoms with E-state index in [0.29, 0.717) is 18.0 Å². The monoisotopic (exact) mass is 312 g/mol. The van der Waals surface area contributed by atoms with Crippen molar-refractivity contribution >= 4 is 10.9 Å². The van der Waals surface area contributed by atoms with Crippen LogP contribution in [0.4, 0.5) is 0 Å². The zero-order valence-corrected chi connectivity index (χ0v) is 14.7. The Kier molecular flexibility index (Phi) is 3.64. The van der Waals surface area contributed by atoms with E-state index < -0.39 is 0 Å². The van der Waals surface area contributed by atoms with Gasteiger partial charge < -0.3 is 14.6 Å². The van der Waals surface area contributed by atoms with Crippen molar-refractivity contribution in [2.24, 2.45) is 11.8 Å². The smallest absolute Gasteiger partial charge is 0.119 e. The van der Waals surface area contributed by atoms with Crippen LogP contribution in [0, 0.1) is 11.8 Å². The Morgan fingerprint density at radius 3 is 2.74 bits per heavy atom. The summed E-state index contributed by atoms with van der Waals surface area (Å²) in [4.78, 5) is 6.11. The lowest BCUT2D eigenvalue weighted by Gasteiger charge is -2.40. The van der Waals surface area contributed by atoms with Gasteiger partial charge in [0, 0.05) is 35.1 Å². The van der Waals surface area contributed by atoms with E-state index in [1.54, 1.807) is 7.11 Å². The highest BCUT2D eigenvalue weighted by atomic mass is 16.5. The van der Waals surface area contributed by atoms with Gasteiger partial charge in [0.2, 0.25) is 0 Å². The van der Waals surface area contributed by atoms with Crippen LogP contribution < -0.4 is 4.74 Å². The van der Waals surface area contributed by atoms with E-state index in [1.165, 1.54) is 35.7 Å². The standard InChI is InChI=1S/C20H28N2O/c1-12(2)22(3)20-14-6-5-13(9-14)19(20)17-11-21-18-8-7-15(23-4)10-16(17)18/h7-8,10-14,19-21H,5-6,9H2,1-4H3/t13-,14+,19-,20+/m0/s1. The van der Waals surface area contributed by atoms with Gasteiger partial charge in [-0.1, -0.05) is 0 Å². The molecule has 1 N–H and O–H groups in total. The number of ether oxygens (including phenoxy) is 1. The second kappa shape index (κ2) is 5.55. The lowest BCUT2D eigenvalue weighted by molar-refractivity contribution is 0.123. The number of H-pyrrole nitrogens is 1. The van der Waals surface area contributed by atoms with Crippen LogP contribution in [-0.2, 0) is 0 Å². The van der Waals surface area contributed by atoms with Crippen molar-refractivity contribution in [2.75, 3.05) is 14.2 Å². The summed E-state index contributed by atoms with van der Waals surface area (Å²) < 4.78 is 5.46. The van der Waals surface area contributed by atoms with Gasteiger partial charge in [0.25, 0.3) is 0 Å². The van der Waals surface area contributed by atoms with Crippen LogP contribution in [0.25, 0.3) is 10.9 Å². The van der Waals surface area contributed by atoms with Crippen LogP contribution in [0.2, 0.25) is 0 Å². The van der Waals surface area contributed by atoms with E-state index in [0.717, 1.165) is 17.6 Å². The van der Waals surface area contributed by atoms with Gasteiger partial charge in [-0.25, -0.2) is 0 Å². The summed E-state index contributed by atoms with van der Waals surface area (Å²) in [6.45, 7) is 4.64. The summed E-state index contributed by atoms with van der Waals surface area (Å²) in [6, 6.07) is 7.67. The van der Waals surface area contributed by atoms with Crippen molar-refractivity contribution in [3.8, 4) is 5.75 Å². The molecule has 3 nitrogen and oxygen atoms in total. The number of nitrogens with one attached hydrogen (secondary N) is 1. The zero-order valence-electron chi connectivity index (χ0n) is 14.7. The molecule has 4 atom stereocenters. The molecule has 2 fully saturated rings. The molecule has 2 aliphatic carbocycles. The Morgan fingerprint density at radius 1 is 1.22 bits per heavy atom. The van der Waals surface area contributed by atoms with Gasteiger partial charge in [-0.3, -0.25) is 0 Å². The summed E-state index contributed by atoms with van der Waals surface area (Å²) in [6.07, 6.45) is 6.47. The predicted octanol–water partition coefficient (Wildman–Crippen LogP) is 4.40. The number of methoxy groups -OCH3 is 1. The highest BCUT2D eigenvalue weighted by Gasteiger charge is 2.50. The number of benzene rings is 1. The van der Waals surface area contributed by atoms with Crippen LogP contribution in [0.15, 0.2) is 24.4 Å². The molecule has 3 heteroatoms. The summed E-state index contributed by atoms with van der Waals surface area (Å²) in [5.74, 6) is 3.32. The lowest BCUT2D eigenvalue weighted by Crippen LogP contribution is -2.44. The molecule has 2 bridgehead atoms. The normalized spacial score (nSPS) is 30.0. The summed E-state index contributed by atoms with van der Waals surface area (Å²) >= 11 is 0. The third-order valence-electron chi connectivity index (χ3n) is 6.44. The van der Waals surface area contributed by atoms with E-state index in [2.05, 4.69) is 49.1 Å². The Morgan fingerprint density at radius 2 is 2.00 bits per heavy atom. The molecule has 1 aromatic carbocycles. The van der Waals surface area contributed by atoms with E-state index in [1.807, 2.05) is 6.07 Å². The van der Waals surface area contributed by atoms with Crippen LogP contribution in [0.1, 0.15) is 44.6 Å². The van der Waals surface area contributed by atoms with Crippen molar-refractivity contribution < 1.29 is 4.74 Å². The number of hydrogen-bond donors (Lipinski definition) is 1. The van der Waals surface area contributed by atoms with Gasteiger partial charge in [-0.2, -0.15) is 0 Å². The predicted molar refractivity (Wildman–Crippen MR) is 95.1 cm³/mol. The molecule has 2 aliphatic rings. The minimum Gasteiger partial charge on any atom is -0.497 e. The first kappa shape index (κ1) is 15.1. The third-order valence-corrected chi connectivity index (χ3v) is 6.44. The first-order chi connectivity index (χ1) is 11.1. The Labute approximate surface area is 139 Å². The molecule has 23 heavy (non-hydrogen) atoms. The van der Waals surface area contributed by atoms with Gasteiger partial charge >= 0.3 is 0 Å². The van der Waals surface area contributed by atoms with Crippen molar-refractivity contribution in [3.05, 3.63) is 30.0 Å². The van der Waals surface area contributed by atoms with Gasteiger partial charge in [-0.05, 0) is 75.8 Å². The molecule has 0 radical (unpaired) electrons. The Bertz CT molecular complexity index is 705. The summed E-state index contributed by atoms with van der Waals surface area (Å²) in [5.41, 5.74) is 2.73. The maximum Gasteiger partial charge on any atom is 0.119 e. The number of likely N-dealkylation sites (N-methyl/N-ethyl adjacent to an activating group) is 1. The molecule has 2 aromatic rings. The second-order valence-electron chi connectivity index (χ2n) is 7.76. The van der Waals surface area contributed by atoms with E-state index >= 15 is 0 Å². The van der Waals surface area contributed by atoms with Gasteiger partial charge in [0.15, 0.2) is 0 Å². The Hall–Kier alpha value is -1.48. The van der Waals surface area contributed by atoms with Crippen molar-refractivity contribution in [2.45, 2.75) is 51.1 Å². The van der Waals surface area contributed by atoms with Crippen LogP contribution in [-0.4, -0.2) is 36.1 Å². The van der Waals surface area contributed by atoms with Gasteiger partial charge in [-0.15, -0.1) is 0 Å². The quantitative estimate of drug-likeness (QED) is 0.906. The summed E-state index contributed by atoms with van der Waals surface area (Å²) in [5, 5.41) is 1.35. The maximum absolute atomic E-state index is 5.46. The first-order valence-corrected chi connectivity index (χ1v) is 8.97. The zero-order chi connectivity index (χ0) is 16.1. The number of hydrogen-bond acceptors (Lipinski definition) is 2. The average Bonchev–Trinajstić information content (AvgIpc) is 3.26. The van der Waals surface area contributed by atoms with Crippen LogP contribution in [0.3, 0.4) is 0 Å². The molecule has 0 saturated heterocycles. The number of aromatic nitrogens is 1. The molecule has 0 amide bonds. The van der Waals surface area contributed by atoms with Crippen LogP contribution >= 0.6 is 0 Å². The SMILES string of the molecule is COc1ccc2[nH]cc([C@@H]3[C@H]4CC[C@H](C4)[C@H]3N(C)C(C)C)c2c1. The maximum atomic E-state index is 5.46. The lowest BCUT2D eigenvalue weighted by atomic mass is 9.78. The van der Waals surface area contributed by atoms with Gasteiger partial charge in [0.05, 0.1) is 7.11 Å². The molecule has 0 spiro atoms. The molecule has 1 aromatic heterocycles. The highest BCUT2D eigenvalue weighted by Crippen LogP contribution is 2.56. The number of fused-ring (bicyclic) bond motifs is 3. The third kappa shape index (κ3) is 2.28. The van der Waals surface area contributed by atoms with Crippen LogP contribution in [0.5, 0.6) is 5.75 Å². The molecule has 4 rings (SSSR count). The fourth-order valence-electron chi connectivity index (χ4n) is 5.15. The molecule has 1 heterocycles. The number of aromatic amines is 1. The van der Waals surface area contributed by atoms with Crippen molar-refractivity contribution in [3.63, 3.8) is 0 Å². The molecule has 0 unspecified atom stereocenters. The number of nitrogens with zero attached hydrogens (tertiary/aromatic N) is 1. The molecule has 124 valence electrons. The molecular formula is C20H28N2O. The van der Waals surface area contributed by atoms with Crippen molar-refractivity contribution in [1.82, 2.24) is 9.88 Å². The topological polar surface area (TPSA) is 28.3 Å². The fraction of sp³-hybridized carbons (Fsp3) is 0.600. The molecule has 2 saturated carbocycles. The molecule has 0 aliphatic heterocycles. The highest BCUT2D eigenvalue weighted by molar-refractivity contribution is 5.85. The van der Waals surface area contributed by atoms with E-state index in [-0.39, 0.29) is 0 Å². The van der Waals surface area contributed by atoms with Crippen molar-refractivity contribution in [1.29, 1.82) is 0 Å². The van der Waals surface area contributed by atoms with E-state index in [4.69, 9.17) is 4.74 Å². The number of rotatable bonds is 4. The second-order valence-corrected chi connectivity index (χ2v) is 7.76. The van der Waals surface area contributed by atoms with Gasteiger partial charge in [0.1, 0.15) is 5.75 Å². The fourth-order valence-corrected chi connectivity index (χ4v) is 5.15. The van der Waals surface area contributed by atoms with E-state index in [9.17, 15) is 0 Å². The minimum absolute atomic E-state index is 0.599. The Balaban J connectivity index is 1.79. The first-order valence-electron chi connectivity index (χ1n) is 8.97.